The predicted octanol–water partition coefficient (Wildman–Crippen LogP) is 3.89. The molecule has 2 aromatic rings. The average Bonchev–Trinajstić information content (AvgIpc) is 2.95. The van der Waals surface area contributed by atoms with Crippen LogP contribution >= 0.6 is 0 Å². The van der Waals surface area contributed by atoms with Crippen LogP contribution in [0.4, 0.5) is 5.69 Å². The van der Waals surface area contributed by atoms with Gasteiger partial charge in [-0.25, -0.2) is 4.79 Å². The third-order valence-corrected chi connectivity index (χ3v) is 5.41. The summed E-state index contributed by atoms with van der Waals surface area (Å²) in [5.74, 6) is -0.779. The Labute approximate surface area is 157 Å². The van der Waals surface area contributed by atoms with Crippen LogP contribution in [0.2, 0.25) is 0 Å². The Morgan fingerprint density at radius 2 is 1.59 bits per heavy atom. The van der Waals surface area contributed by atoms with Gasteiger partial charge in [0, 0.05) is 0 Å². The lowest BCUT2D eigenvalue weighted by atomic mass is 9.81. The van der Waals surface area contributed by atoms with Gasteiger partial charge in [0.15, 0.2) is 0 Å². The summed E-state index contributed by atoms with van der Waals surface area (Å²) in [6, 6.07) is 13.7. The van der Waals surface area contributed by atoms with Crippen LogP contribution in [0.15, 0.2) is 48.5 Å². The fourth-order valence-electron chi connectivity index (χ4n) is 3.96. The second-order valence-corrected chi connectivity index (χ2v) is 7.26. The Bertz CT molecular complexity index is 879. The highest BCUT2D eigenvalue weighted by atomic mass is 16.5. The van der Waals surface area contributed by atoms with Gasteiger partial charge in [-0.15, -0.1) is 0 Å². The Hall–Kier alpha value is -2.95. The molecule has 0 spiro atoms. The first-order chi connectivity index (χ1) is 13.0. The molecule has 2 unspecified atom stereocenters. The molecule has 27 heavy (non-hydrogen) atoms. The monoisotopic (exact) mass is 363 g/mol. The lowest BCUT2D eigenvalue weighted by Crippen LogP contribution is -2.31. The van der Waals surface area contributed by atoms with Gasteiger partial charge in [0.1, 0.15) is 5.75 Å². The van der Waals surface area contributed by atoms with Crippen molar-refractivity contribution in [3.8, 4) is 5.75 Å². The number of anilines is 1. The van der Waals surface area contributed by atoms with E-state index in [1.54, 1.807) is 36.4 Å². The maximum atomic E-state index is 12.7. The molecule has 2 aliphatic rings. The minimum atomic E-state index is -0.516. The zero-order valence-corrected chi connectivity index (χ0v) is 15.2. The molecule has 0 N–H and O–H groups in total. The topological polar surface area (TPSA) is 63.7 Å². The standard InChI is InChI=1S/C22H21NO4/c1-14-9-11-17(12-10-14)27-22(26)15-5-4-6-16(13-15)23-20(24)18-7-2-3-8-19(18)21(23)25/h4-6,9-13,18-19H,2-3,7-8H2,1H3. The zero-order valence-electron chi connectivity index (χ0n) is 15.2. The van der Waals surface area contributed by atoms with Gasteiger partial charge < -0.3 is 4.74 Å². The van der Waals surface area contributed by atoms with E-state index >= 15 is 0 Å². The van der Waals surface area contributed by atoms with Crippen LogP contribution in [-0.2, 0) is 9.59 Å². The highest BCUT2D eigenvalue weighted by Gasteiger charge is 2.48. The SMILES string of the molecule is Cc1ccc(OC(=O)c2cccc(N3C(=O)C4CCCCC4C3=O)c2)cc1. The summed E-state index contributed by atoms with van der Waals surface area (Å²) in [6.45, 7) is 1.96. The maximum Gasteiger partial charge on any atom is 0.343 e. The summed E-state index contributed by atoms with van der Waals surface area (Å²) in [4.78, 5) is 39.2. The Kier molecular flexibility index (Phi) is 4.52. The predicted molar refractivity (Wildman–Crippen MR) is 101 cm³/mol. The summed E-state index contributed by atoms with van der Waals surface area (Å²) in [7, 11) is 0. The first-order valence-electron chi connectivity index (χ1n) is 9.31. The highest BCUT2D eigenvalue weighted by molar-refractivity contribution is 6.22. The van der Waals surface area contributed by atoms with Crippen LogP contribution in [-0.4, -0.2) is 17.8 Å². The number of benzene rings is 2. The molecule has 5 nitrogen and oxygen atoms in total. The van der Waals surface area contributed by atoms with Crippen LogP contribution in [0, 0.1) is 18.8 Å². The summed E-state index contributed by atoms with van der Waals surface area (Å²) in [5.41, 5.74) is 1.82. The second kappa shape index (κ2) is 6.99. The van der Waals surface area contributed by atoms with E-state index in [0.29, 0.717) is 17.0 Å². The molecule has 2 amide bonds. The first kappa shape index (κ1) is 17.5. The largest absolute Gasteiger partial charge is 0.423 e. The minimum Gasteiger partial charge on any atom is -0.423 e. The number of imide groups is 1. The van der Waals surface area contributed by atoms with Crippen molar-refractivity contribution in [2.45, 2.75) is 32.6 Å². The van der Waals surface area contributed by atoms with Crippen molar-refractivity contribution in [1.82, 2.24) is 0 Å². The van der Waals surface area contributed by atoms with Gasteiger partial charge in [-0.3, -0.25) is 14.5 Å². The number of hydrogen-bond donors (Lipinski definition) is 0. The molecular weight excluding hydrogens is 342 g/mol. The number of esters is 1. The average molecular weight is 363 g/mol. The normalized spacial score (nSPS) is 21.9. The molecule has 1 aliphatic carbocycles. The van der Waals surface area contributed by atoms with Crippen molar-refractivity contribution in [3.63, 3.8) is 0 Å². The van der Waals surface area contributed by atoms with Crippen LogP contribution in [0.1, 0.15) is 41.6 Å². The fraction of sp³-hybridized carbons (Fsp3) is 0.318. The van der Waals surface area contributed by atoms with Crippen molar-refractivity contribution < 1.29 is 19.1 Å². The molecular formula is C22H21NO4. The number of ether oxygens (including phenoxy) is 1. The van der Waals surface area contributed by atoms with Gasteiger partial charge >= 0.3 is 5.97 Å². The van der Waals surface area contributed by atoms with Crippen molar-refractivity contribution in [3.05, 3.63) is 59.7 Å². The summed E-state index contributed by atoms with van der Waals surface area (Å²) >= 11 is 0. The molecule has 0 radical (unpaired) electrons. The van der Waals surface area contributed by atoms with E-state index in [9.17, 15) is 14.4 Å². The minimum absolute atomic E-state index is 0.145. The van der Waals surface area contributed by atoms with Gasteiger partial charge in [-0.2, -0.15) is 0 Å². The molecule has 1 heterocycles. The van der Waals surface area contributed by atoms with Gasteiger partial charge in [-0.05, 0) is 50.1 Å². The van der Waals surface area contributed by atoms with Crippen molar-refractivity contribution >= 4 is 23.5 Å². The number of hydrogen-bond acceptors (Lipinski definition) is 4. The summed E-state index contributed by atoms with van der Waals surface area (Å²) in [5, 5.41) is 0. The van der Waals surface area contributed by atoms with E-state index in [4.69, 9.17) is 4.74 Å². The van der Waals surface area contributed by atoms with Crippen LogP contribution < -0.4 is 9.64 Å². The lowest BCUT2D eigenvalue weighted by Gasteiger charge is -2.19. The number of amides is 2. The Morgan fingerprint density at radius 3 is 2.22 bits per heavy atom. The first-order valence-corrected chi connectivity index (χ1v) is 9.31. The smallest absolute Gasteiger partial charge is 0.343 e. The van der Waals surface area contributed by atoms with E-state index in [0.717, 1.165) is 31.2 Å². The zero-order chi connectivity index (χ0) is 19.0. The molecule has 1 aliphatic heterocycles. The molecule has 5 heteroatoms. The third-order valence-electron chi connectivity index (χ3n) is 5.41. The van der Waals surface area contributed by atoms with E-state index in [1.165, 1.54) is 4.90 Å². The number of nitrogens with zero attached hydrogens (tertiary/aromatic N) is 1. The molecule has 2 aromatic carbocycles. The van der Waals surface area contributed by atoms with E-state index < -0.39 is 5.97 Å². The van der Waals surface area contributed by atoms with Crippen molar-refractivity contribution in [2.24, 2.45) is 11.8 Å². The molecule has 0 aromatic heterocycles. The third kappa shape index (κ3) is 3.25. The summed E-state index contributed by atoms with van der Waals surface area (Å²) in [6.07, 6.45) is 3.50. The van der Waals surface area contributed by atoms with Crippen LogP contribution in [0.3, 0.4) is 0 Å². The van der Waals surface area contributed by atoms with Gasteiger partial charge in [-0.1, -0.05) is 36.6 Å². The highest BCUT2D eigenvalue weighted by Crippen LogP contribution is 2.40. The van der Waals surface area contributed by atoms with Crippen molar-refractivity contribution in [1.29, 1.82) is 0 Å². The summed E-state index contributed by atoms with van der Waals surface area (Å²) < 4.78 is 5.39. The van der Waals surface area contributed by atoms with Gasteiger partial charge in [0.05, 0.1) is 23.1 Å². The molecule has 4 rings (SSSR count). The number of aryl methyl sites for hydroxylation is 1. The fourth-order valence-corrected chi connectivity index (χ4v) is 3.96. The Morgan fingerprint density at radius 1 is 0.963 bits per heavy atom. The van der Waals surface area contributed by atoms with E-state index in [1.807, 2.05) is 19.1 Å². The number of rotatable bonds is 3. The van der Waals surface area contributed by atoms with E-state index in [-0.39, 0.29) is 23.7 Å². The molecule has 1 saturated carbocycles. The molecule has 1 saturated heterocycles. The van der Waals surface area contributed by atoms with Crippen molar-refractivity contribution in [2.75, 3.05) is 4.90 Å². The number of carbonyl (C=O) groups is 3. The molecule has 138 valence electrons. The second-order valence-electron chi connectivity index (χ2n) is 7.26. The van der Waals surface area contributed by atoms with Gasteiger partial charge in [0.2, 0.25) is 11.8 Å². The lowest BCUT2D eigenvalue weighted by molar-refractivity contribution is -0.122. The maximum absolute atomic E-state index is 12.7. The molecule has 0 bridgehead atoms. The number of fused-ring (bicyclic) bond motifs is 1. The number of carbonyl (C=O) groups excluding carboxylic acids is 3. The molecule has 2 atom stereocenters. The Balaban J connectivity index is 1.57. The quantitative estimate of drug-likeness (QED) is 0.471. The molecule has 2 fully saturated rings. The van der Waals surface area contributed by atoms with Gasteiger partial charge in [0.25, 0.3) is 0 Å². The van der Waals surface area contributed by atoms with Crippen LogP contribution in [0.25, 0.3) is 0 Å². The van der Waals surface area contributed by atoms with Crippen LogP contribution in [0.5, 0.6) is 5.75 Å². The van der Waals surface area contributed by atoms with E-state index in [2.05, 4.69) is 0 Å².